The number of piperidine rings is 1. The quantitative estimate of drug-likeness (QED) is 0.819. The second-order valence-electron chi connectivity index (χ2n) is 4.75. The minimum absolute atomic E-state index is 0.0494. The number of nitrogens with one attached hydrogen (secondary N) is 2. The van der Waals surface area contributed by atoms with E-state index in [1.54, 1.807) is 18.3 Å². The molecule has 0 radical (unpaired) electrons. The summed E-state index contributed by atoms with van der Waals surface area (Å²) in [5.41, 5.74) is 0.566. The highest BCUT2D eigenvalue weighted by Gasteiger charge is 2.20. The van der Waals surface area contributed by atoms with Gasteiger partial charge in [0.05, 0.1) is 12.2 Å². The number of aromatic nitrogens is 1. The Balaban J connectivity index is 1.86. The molecule has 1 amide bonds. The predicted molar refractivity (Wildman–Crippen MR) is 76.4 cm³/mol. The Morgan fingerprint density at radius 2 is 2.47 bits per heavy atom. The molecule has 2 rings (SSSR count). The summed E-state index contributed by atoms with van der Waals surface area (Å²) in [6, 6.07) is 3.97. The van der Waals surface area contributed by atoms with Crippen LogP contribution in [0, 0.1) is 0 Å². The first kappa shape index (κ1) is 14.2. The van der Waals surface area contributed by atoms with Gasteiger partial charge in [0.15, 0.2) is 5.15 Å². The lowest BCUT2D eigenvalue weighted by Gasteiger charge is -2.31. The van der Waals surface area contributed by atoms with E-state index in [-0.39, 0.29) is 5.91 Å². The van der Waals surface area contributed by atoms with E-state index in [1.165, 1.54) is 6.42 Å². The first-order valence-electron chi connectivity index (χ1n) is 6.49. The highest BCUT2D eigenvalue weighted by molar-refractivity contribution is 6.32. The topological polar surface area (TPSA) is 57.3 Å². The molecule has 19 heavy (non-hydrogen) atoms. The summed E-state index contributed by atoms with van der Waals surface area (Å²) < 4.78 is 0. The van der Waals surface area contributed by atoms with Crippen molar-refractivity contribution in [3.8, 4) is 0 Å². The van der Waals surface area contributed by atoms with Crippen molar-refractivity contribution >= 4 is 23.2 Å². The molecule has 0 saturated carbocycles. The van der Waals surface area contributed by atoms with Crippen LogP contribution < -0.4 is 10.6 Å². The van der Waals surface area contributed by atoms with Gasteiger partial charge in [0.25, 0.3) is 0 Å². The fourth-order valence-electron chi connectivity index (χ4n) is 2.31. The van der Waals surface area contributed by atoms with Crippen molar-refractivity contribution in [1.82, 2.24) is 15.2 Å². The van der Waals surface area contributed by atoms with Crippen LogP contribution in [0.2, 0.25) is 5.15 Å². The lowest BCUT2D eigenvalue weighted by atomic mass is 10.1. The fraction of sp³-hybridized carbons (Fsp3) is 0.538. The van der Waals surface area contributed by atoms with Crippen molar-refractivity contribution in [3.05, 3.63) is 23.5 Å². The van der Waals surface area contributed by atoms with Crippen LogP contribution in [0.4, 0.5) is 5.69 Å². The smallest absolute Gasteiger partial charge is 0.238 e. The molecule has 1 aliphatic heterocycles. The summed E-state index contributed by atoms with van der Waals surface area (Å²) in [6.45, 7) is 2.26. The minimum atomic E-state index is -0.0494. The molecule has 0 aliphatic carbocycles. The summed E-state index contributed by atoms with van der Waals surface area (Å²) in [7, 11) is 1.96. The molecule has 0 aromatic carbocycles. The van der Waals surface area contributed by atoms with Crippen LogP contribution in [0.15, 0.2) is 18.3 Å². The predicted octanol–water partition coefficient (Wildman–Crippen LogP) is 1.36. The van der Waals surface area contributed by atoms with Gasteiger partial charge in [0.1, 0.15) is 0 Å². The minimum Gasteiger partial charge on any atom is -0.322 e. The van der Waals surface area contributed by atoms with Crippen LogP contribution >= 0.6 is 11.6 Å². The SMILES string of the molecule is CNC1CCCN(CC(=O)Nc2cccnc2Cl)C1. The van der Waals surface area contributed by atoms with E-state index in [1.807, 2.05) is 7.05 Å². The molecule has 0 spiro atoms. The summed E-state index contributed by atoms with van der Waals surface area (Å²) in [5, 5.41) is 6.38. The molecule has 1 fully saturated rings. The number of halogens is 1. The van der Waals surface area contributed by atoms with Crippen LogP contribution in [0.1, 0.15) is 12.8 Å². The second-order valence-corrected chi connectivity index (χ2v) is 5.11. The number of carbonyl (C=O) groups excluding carboxylic acids is 1. The molecule has 6 heteroatoms. The number of likely N-dealkylation sites (N-methyl/N-ethyl adjacent to an activating group) is 1. The number of anilines is 1. The monoisotopic (exact) mass is 282 g/mol. The maximum Gasteiger partial charge on any atom is 0.238 e. The van der Waals surface area contributed by atoms with Gasteiger partial charge in [0, 0.05) is 18.8 Å². The van der Waals surface area contributed by atoms with Gasteiger partial charge in [-0.25, -0.2) is 4.98 Å². The Bertz CT molecular complexity index is 440. The lowest BCUT2D eigenvalue weighted by Crippen LogP contribution is -2.46. The van der Waals surface area contributed by atoms with Gasteiger partial charge in [0.2, 0.25) is 5.91 Å². The Morgan fingerprint density at radius 3 is 3.21 bits per heavy atom. The van der Waals surface area contributed by atoms with Crippen molar-refractivity contribution in [1.29, 1.82) is 0 Å². The maximum absolute atomic E-state index is 12.0. The molecule has 1 aliphatic rings. The highest BCUT2D eigenvalue weighted by atomic mass is 35.5. The zero-order valence-electron chi connectivity index (χ0n) is 11.0. The van der Waals surface area contributed by atoms with Gasteiger partial charge < -0.3 is 10.6 Å². The van der Waals surface area contributed by atoms with Gasteiger partial charge in [-0.3, -0.25) is 9.69 Å². The molecule has 1 aromatic heterocycles. The first-order valence-corrected chi connectivity index (χ1v) is 6.87. The average Bonchev–Trinajstić information content (AvgIpc) is 2.41. The Kier molecular flexibility index (Phi) is 5.13. The third-order valence-corrected chi connectivity index (χ3v) is 3.62. The number of hydrogen-bond donors (Lipinski definition) is 2. The molecule has 1 aromatic rings. The van der Waals surface area contributed by atoms with Crippen molar-refractivity contribution < 1.29 is 4.79 Å². The zero-order chi connectivity index (χ0) is 13.7. The van der Waals surface area contributed by atoms with Crippen LogP contribution in [0.3, 0.4) is 0 Å². The molecular formula is C13H19ClN4O. The van der Waals surface area contributed by atoms with Gasteiger partial charge in [-0.15, -0.1) is 0 Å². The van der Waals surface area contributed by atoms with E-state index >= 15 is 0 Å². The van der Waals surface area contributed by atoms with Gasteiger partial charge in [-0.05, 0) is 38.6 Å². The Labute approximate surface area is 118 Å². The summed E-state index contributed by atoms with van der Waals surface area (Å²) in [5.74, 6) is -0.0494. The third-order valence-electron chi connectivity index (χ3n) is 3.31. The Hall–Kier alpha value is -1.17. The molecule has 5 nitrogen and oxygen atoms in total. The van der Waals surface area contributed by atoms with E-state index in [2.05, 4.69) is 20.5 Å². The molecule has 2 heterocycles. The van der Waals surface area contributed by atoms with Crippen LogP contribution in [-0.2, 0) is 4.79 Å². The summed E-state index contributed by atoms with van der Waals surface area (Å²) in [6.07, 6.45) is 3.88. The van der Waals surface area contributed by atoms with Crippen molar-refractivity contribution in [3.63, 3.8) is 0 Å². The van der Waals surface area contributed by atoms with Crippen LogP contribution in [-0.4, -0.2) is 48.5 Å². The number of amides is 1. The van der Waals surface area contributed by atoms with E-state index < -0.39 is 0 Å². The lowest BCUT2D eigenvalue weighted by molar-refractivity contribution is -0.117. The Morgan fingerprint density at radius 1 is 1.63 bits per heavy atom. The largest absolute Gasteiger partial charge is 0.322 e. The van der Waals surface area contributed by atoms with E-state index in [9.17, 15) is 4.79 Å². The maximum atomic E-state index is 12.0. The normalized spacial score (nSPS) is 20.2. The molecule has 1 saturated heterocycles. The van der Waals surface area contributed by atoms with Crippen LogP contribution in [0.25, 0.3) is 0 Å². The number of pyridine rings is 1. The van der Waals surface area contributed by atoms with Crippen molar-refractivity contribution in [2.75, 3.05) is 32.0 Å². The fourth-order valence-corrected chi connectivity index (χ4v) is 2.47. The summed E-state index contributed by atoms with van der Waals surface area (Å²) in [4.78, 5) is 18.1. The van der Waals surface area contributed by atoms with Gasteiger partial charge in [-0.1, -0.05) is 11.6 Å². The zero-order valence-corrected chi connectivity index (χ0v) is 11.8. The summed E-state index contributed by atoms with van der Waals surface area (Å²) >= 11 is 5.91. The second kappa shape index (κ2) is 6.84. The molecule has 2 N–H and O–H groups in total. The van der Waals surface area contributed by atoms with Gasteiger partial charge in [-0.2, -0.15) is 0 Å². The van der Waals surface area contributed by atoms with Crippen molar-refractivity contribution in [2.45, 2.75) is 18.9 Å². The van der Waals surface area contributed by atoms with E-state index in [0.717, 1.165) is 19.5 Å². The molecule has 104 valence electrons. The number of rotatable bonds is 4. The third kappa shape index (κ3) is 4.16. The highest BCUT2D eigenvalue weighted by Crippen LogP contribution is 2.17. The number of nitrogens with zero attached hydrogens (tertiary/aromatic N) is 2. The molecule has 1 atom stereocenters. The number of likely N-dealkylation sites (tertiary alicyclic amines) is 1. The number of hydrogen-bond acceptors (Lipinski definition) is 4. The molecule has 0 bridgehead atoms. The standard InChI is InChI=1S/C13H19ClN4O/c1-15-10-4-3-7-18(8-10)9-12(19)17-11-5-2-6-16-13(11)14/h2,5-6,10,15H,3-4,7-9H2,1H3,(H,17,19). The van der Waals surface area contributed by atoms with Crippen LogP contribution in [0.5, 0.6) is 0 Å². The first-order chi connectivity index (χ1) is 9.19. The van der Waals surface area contributed by atoms with Crippen molar-refractivity contribution in [2.24, 2.45) is 0 Å². The van der Waals surface area contributed by atoms with E-state index in [0.29, 0.717) is 23.4 Å². The molecule has 1 unspecified atom stereocenters. The average molecular weight is 283 g/mol. The molecular weight excluding hydrogens is 264 g/mol. The van der Waals surface area contributed by atoms with E-state index in [4.69, 9.17) is 11.6 Å². The van der Waals surface area contributed by atoms with Gasteiger partial charge >= 0.3 is 0 Å². The number of carbonyl (C=O) groups is 1.